The maximum absolute atomic E-state index is 13.3. The first-order valence-electron chi connectivity index (χ1n) is 12.4. The molecule has 0 atom stereocenters. The lowest BCUT2D eigenvalue weighted by molar-refractivity contribution is -0.125. The molecule has 1 spiro atoms. The van der Waals surface area contributed by atoms with Crippen LogP contribution in [0.2, 0.25) is 0 Å². The van der Waals surface area contributed by atoms with E-state index in [0.29, 0.717) is 10.8 Å². The lowest BCUT2D eigenvalue weighted by atomic mass is 9.65. The minimum absolute atomic E-state index is 0.00422. The molecule has 1 saturated heterocycles. The van der Waals surface area contributed by atoms with Gasteiger partial charge in [0, 0.05) is 26.2 Å². The second-order valence-corrected chi connectivity index (χ2v) is 10.9. The summed E-state index contributed by atoms with van der Waals surface area (Å²) >= 11 is 1.41. The number of anilines is 2. The standard InChI is InChI=1S/C28H28N6O2S/c1-3-25(35)33-14-13-28(17-33)15-18(16-28)34-21-9-5-4-7-19(21)31-27(34)32-26(36)23-12-11-22(37-23)20-8-6-10-24(29-2)30-20/h3-12,18H,1,13-17H2,2H3,(H,29,30)(H,31,32,36)/t18-,28-. The van der Waals surface area contributed by atoms with E-state index in [1.54, 1.807) is 0 Å². The Morgan fingerprint density at radius 3 is 2.76 bits per heavy atom. The number of nitrogens with zero attached hydrogens (tertiary/aromatic N) is 4. The molecule has 6 rings (SSSR count). The number of amides is 2. The van der Waals surface area contributed by atoms with Crippen LogP contribution in [0.15, 0.2) is 67.3 Å². The van der Waals surface area contributed by atoms with Crippen molar-refractivity contribution in [2.75, 3.05) is 30.8 Å². The number of hydrogen-bond acceptors (Lipinski definition) is 6. The van der Waals surface area contributed by atoms with Crippen molar-refractivity contribution in [3.05, 3.63) is 72.1 Å². The van der Waals surface area contributed by atoms with E-state index in [4.69, 9.17) is 4.98 Å². The fourth-order valence-electron chi connectivity index (χ4n) is 5.68. The van der Waals surface area contributed by atoms with Gasteiger partial charge in [-0.3, -0.25) is 14.9 Å². The smallest absolute Gasteiger partial charge is 0.268 e. The van der Waals surface area contributed by atoms with Gasteiger partial charge in [-0.05, 0) is 67.2 Å². The third kappa shape index (κ3) is 4.19. The van der Waals surface area contributed by atoms with Gasteiger partial charge in [-0.1, -0.05) is 24.8 Å². The third-order valence-electron chi connectivity index (χ3n) is 7.54. The highest BCUT2D eigenvalue weighted by Gasteiger charge is 2.50. The monoisotopic (exact) mass is 512 g/mol. The van der Waals surface area contributed by atoms with Crippen LogP contribution in [0.5, 0.6) is 0 Å². The van der Waals surface area contributed by atoms with E-state index in [9.17, 15) is 9.59 Å². The van der Waals surface area contributed by atoms with Gasteiger partial charge in [0.25, 0.3) is 5.91 Å². The minimum atomic E-state index is -0.185. The lowest BCUT2D eigenvalue weighted by Gasteiger charge is -2.46. The molecule has 9 heteroatoms. The molecule has 8 nitrogen and oxygen atoms in total. The molecule has 1 aliphatic carbocycles. The van der Waals surface area contributed by atoms with E-state index in [0.717, 1.165) is 59.8 Å². The van der Waals surface area contributed by atoms with Crippen LogP contribution in [0.3, 0.4) is 0 Å². The quantitative estimate of drug-likeness (QED) is 0.347. The van der Waals surface area contributed by atoms with Crippen LogP contribution in [-0.4, -0.2) is 51.4 Å². The summed E-state index contributed by atoms with van der Waals surface area (Å²) < 4.78 is 2.17. The van der Waals surface area contributed by atoms with Gasteiger partial charge in [0.1, 0.15) is 5.82 Å². The maximum atomic E-state index is 13.3. The average Bonchev–Trinajstić information content (AvgIpc) is 3.64. The zero-order valence-electron chi connectivity index (χ0n) is 20.6. The molecule has 4 aromatic rings. The second kappa shape index (κ2) is 9.15. The van der Waals surface area contributed by atoms with Gasteiger partial charge in [-0.2, -0.15) is 0 Å². The first-order chi connectivity index (χ1) is 18.0. The predicted octanol–water partition coefficient (Wildman–Crippen LogP) is 5.19. The fourth-order valence-corrected chi connectivity index (χ4v) is 6.55. The Balaban J connectivity index is 1.23. The van der Waals surface area contributed by atoms with Crippen molar-refractivity contribution in [1.82, 2.24) is 19.4 Å². The summed E-state index contributed by atoms with van der Waals surface area (Å²) in [5, 5.41) is 6.13. The molecule has 1 aliphatic heterocycles. The molecule has 0 radical (unpaired) electrons. The summed E-state index contributed by atoms with van der Waals surface area (Å²) in [5.41, 5.74) is 2.82. The van der Waals surface area contributed by atoms with Crippen molar-refractivity contribution in [3.8, 4) is 10.6 Å². The van der Waals surface area contributed by atoms with Gasteiger partial charge < -0.3 is 14.8 Å². The highest BCUT2D eigenvalue weighted by Crippen LogP contribution is 2.55. The number of likely N-dealkylation sites (tertiary alicyclic amines) is 1. The first kappa shape index (κ1) is 23.4. The molecule has 2 amide bonds. The van der Waals surface area contributed by atoms with Crippen LogP contribution in [-0.2, 0) is 4.79 Å². The number of hydrogen-bond donors (Lipinski definition) is 2. The number of carbonyl (C=O) groups excluding carboxylic acids is 2. The number of para-hydroxylation sites is 2. The summed E-state index contributed by atoms with van der Waals surface area (Å²) in [4.78, 5) is 38.2. The van der Waals surface area contributed by atoms with Crippen LogP contribution in [0, 0.1) is 5.41 Å². The van der Waals surface area contributed by atoms with E-state index in [1.165, 1.54) is 17.4 Å². The van der Waals surface area contributed by atoms with Crippen molar-refractivity contribution >= 4 is 46.0 Å². The van der Waals surface area contributed by atoms with E-state index < -0.39 is 0 Å². The Labute approximate surface area is 219 Å². The Morgan fingerprint density at radius 1 is 1.11 bits per heavy atom. The molecule has 0 unspecified atom stereocenters. The van der Waals surface area contributed by atoms with E-state index in [1.807, 2.05) is 60.5 Å². The summed E-state index contributed by atoms with van der Waals surface area (Å²) in [6.45, 7) is 5.17. The topological polar surface area (TPSA) is 92.2 Å². The lowest BCUT2D eigenvalue weighted by Crippen LogP contribution is -2.42. The minimum Gasteiger partial charge on any atom is -0.373 e. The van der Waals surface area contributed by atoms with Gasteiger partial charge in [-0.25, -0.2) is 9.97 Å². The first-order valence-corrected chi connectivity index (χ1v) is 13.2. The van der Waals surface area contributed by atoms with Crippen molar-refractivity contribution < 1.29 is 9.59 Å². The van der Waals surface area contributed by atoms with Crippen molar-refractivity contribution in [3.63, 3.8) is 0 Å². The van der Waals surface area contributed by atoms with E-state index in [-0.39, 0.29) is 23.3 Å². The van der Waals surface area contributed by atoms with E-state index >= 15 is 0 Å². The Bertz CT molecular complexity index is 1520. The maximum Gasteiger partial charge on any atom is 0.268 e. The normalized spacial score (nSPS) is 20.7. The molecular formula is C28H28N6O2S. The Morgan fingerprint density at radius 2 is 1.95 bits per heavy atom. The number of fused-ring (bicyclic) bond motifs is 1. The zero-order valence-corrected chi connectivity index (χ0v) is 21.4. The van der Waals surface area contributed by atoms with Gasteiger partial charge in [0.05, 0.1) is 26.5 Å². The van der Waals surface area contributed by atoms with Gasteiger partial charge in [0.15, 0.2) is 0 Å². The number of benzene rings is 1. The third-order valence-corrected chi connectivity index (χ3v) is 8.64. The fraction of sp³-hybridized carbons (Fsp3) is 0.286. The Kier molecular flexibility index (Phi) is 5.79. The summed E-state index contributed by atoms with van der Waals surface area (Å²) in [6.07, 6.45) is 4.30. The van der Waals surface area contributed by atoms with Crippen molar-refractivity contribution in [2.45, 2.75) is 25.3 Å². The number of aromatic nitrogens is 3. The number of pyridine rings is 1. The molecule has 2 aliphatic rings. The largest absolute Gasteiger partial charge is 0.373 e. The molecule has 3 aromatic heterocycles. The van der Waals surface area contributed by atoms with Crippen molar-refractivity contribution in [1.29, 1.82) is 0 Å². The van der Waals surface area contributed by atoms with Crippen LogP contribution in [0.25, 0.3) is 21.6 Å². The molecule has 1 saturated carbocycles. The zero-order chi connectivity index (χ0) is 25.6. The molecule has 2 fully saturated rings. The molecule has 0 bridgehead atoms. The van der Waals surface area contributed by atoms with Crippen molar-refractivity contribution in [2.24, 2.45) is 5.41 Å². The number of carbonyl (C=O) groups is 2. The average molecular weight is 513 g/mol. The summed E-state index contributed by atoms with van der Waals surface area (Å²) in [6, 6.07) is 17.7. The highest BCUT2D eigenvalue weighted by atomic mass is 32.1. The number of rotatable bonds is 6. The highest BCUT2D eigenvalue weighted by molar-refractivity contribution is 7.17. The summed E-state index contributed by atoms with van der Waals surface area (Å²) in [5.74, 6) is 1.16. The van der Waals surface area contributed by atoms with Gasteiger partial charge in [0.2, 0.25) is 11.9 Å². The molecule has 1 aromatic carbocycles. The molecule has 188 valence electrons. The van der Waals surface area contributed by atoms with Crippen LogP contribution < -0.4 is 10.6 Å². The second-order valence-electron chi connectivity index (χ2n) is 9.85. The SMILES string of the molecule is C=CC(=O)N1CC[C@]2(C1)C[C@H](n1c(NC(=O)c3ccc(-c4cccc(NC)n4)s3)nc3ccccc31)C2. The predicted molar refractivity (Wildman–Crippen MR) is 147 cm³/mol. The number of thiophene rings is 1. The number of nitrogens with one attached hydrogen (secondary N) is 2. The van der Waals surface area contributed by atoms with Crippen LogP contribution in [0.4, 0.5) is 11.8 Å². The molecule has 2 N–H and O–H groups in total. The number of imidazole rings is 1. The van der Waals surface area contributed by atoms with Crippen LogP contribution in [0.1, 0.15) is 35.0 Å². The van der Waals surface area contributed by atoms with Gasteiger partial charge in [-0.15, -0.1) is 11.3 Å². The summed E-state index contributed by atoms with van der Waals surface area (Å²) in [7, 11) is 1.83. The van der Waals surface area contributed by atoms with E-state index in [2.05, 4.69) is 32.8 Å². The molecule has 37 heavy (non-hydrogen) atoms. The molecular weight excluding hydrogens is 484 g/mol. The van der Waals surface area contributed by atoms with Crippen LogP contribution >= 0.6 is 11.3 Å². The van der Waals surface area contributed by atoms with Gasteiger partial charge >= 0.3 is 0 Å². The Hall–Kier alpha value is -3.98. The molecule has 4 heterocycles.